The van der Waals surface area contributed by atoms with Crippen LogP contribution in [-0.2, 0) is 10.0 Å². The van der Waals surface area contributed by atoms with Crippen molar-refractivity contribution in [3.05, 3.63) is 29.8 Å². The van der Waals surface area contributed by atoms with E-state index in [0.29, 0.717) is 10.8 Å². The van der Waals surface area contributed by atoms with Gasteiger partial charge in [-0.2, -0.15) is 4.31 Å². The van der Waals surface area contributed by atoms with Crippen molar-refractivity contribution < 1.29 is 8.42 Å². The molecule has 0 amide bonds. The zero-order valence-electron chi connectivity index (χ0n) is 13.0. The highest BCUT2D eigenvalue weighted by molar-refractivity contribution is 7.89. The van der Waals surface area contributed by atoms with E-state index in [2.05, 4.69) is 13.8 Å². The normalized spacial score (nSPS) is 15.6. The smallest absolute Gasteiger partial charge is 0.243 e. The van der Waals surface area contributed by atoms with Crippen molar-refractivity contribution in [1.82, 2.24) is 4.31 Å². The second-order valence-electron chi connectivity index (χ2n) is 5.86. The van der Waals surface area contributed by atoms with E-state index >= 15 is 0 Å². The summed E-state index contributed by atoms with van der Waals surface area (Å²) in [5.74, 6) is 0.457. The van der Waals surface area contributed by atoms with Crippen molar-refractivity contribution in [1.29, 1.82) is 0 Å². The van der Waals surface area contributed by atoms with Crippen LogP contribution in [0.15, 0.2) is 29.2 Å². The number of hydrogen-bond donors (Lipinski definition) is 1. The van der Waals surface area contributed by atoms with Crippen LogP contribution in [0.4, 0.5) is 0 Å². The Labute approximate surface area is 123 Å². The molecule has 0 fully saturated rings. The molecule has 0 aromatic heterocycles. The Morgan fingerprint density at radius 1 is 1.20 bits per heavy atom. The van der Waals surface area contributed by atoms with Crippen LogP contribution in [-0.4, -0.2) is 25.8 Å². The van der Waals surface area contributed by atoms with E-state index < -0.39 is 10.0 Å². The summed E-state index contributed by atoms with van der Waals surface area (Å²) < 4.78 is 26.7. The topological polar surface area (TPSA) is 63.4 Å². The minimum Gasteiger partial charge on any atom is -0.324 e. The minimum atomic E-state index is -3.46. The lowest BCUT2D eigenvalue weighted by atomic mass is 10.1. The molecule has 0 radical (unpaired) electrons. The Morgan fingerprint density at radius 3 is 2.30 bits per heavy atom. The fourth-order valence-corrected chi connectivity index (χ4v) is 3.62. The van der Waals surface area contributed by atoms with E-state index in [0.717, 1.165) is 12.0 Å². The minimum absolute atomic E-state index is 0.0287. The van der Waals surface area contributed by atoms with Crippen LogP contribution in [0.1, 0.15) is 45.7 Å². The maximum atomic E-state index is 12.6. The molecule has 0 spiro atoms. The second kappa shape index (κ2) is 6.70. The molecule has 20 heavy (non-hydrogen) atoms. The largest absolute Gasteiger partial charge is 0.324 e. The molecule has 0 aliphatic carbocycles. The molecule has 0 saturated heterocycles. The van der Waals surface area contributed by atoms with Gasteiger partial charge >= 0.3 is 0 Å². The number of benzene rings is 1. The molecular weight excluding hydrogens is 272 g/mol. The molecule has 114 valence electrons. The summed E-state index contributed by atoms with van der Waals surface area (Å²) in [5.41, 5.74) is 6.65. The lowest BCUT2D eigenvalue weighted by Crippen LogP contribution is -2.36. The van der Waals surface area contributed by atoms with Crippen molar-refractivity contribution in [2.75, 3.05) is 7.05 Å². The predicted molar refractivity (Wildman–Crippen MR) is 82.9 cm³/mol. The van der Waals surface area contributed by atoms with Crippen molar-refractivity contribution in [3.63, 3.8) is 0 Å². The van der Waals surface area contributed by atoms with Crippen LogP contribution in [0.3, 0.4) is 0 Å². The number of nitrogens with zero attached hydrogens (tertiary/aromatic N) is 1. The molecular formula is C15H26N2O2S. The average molecular weight is 298 g/mol. The molecule has 5 heteroatoms. The van der Waals surface area contributed by atoms with E-state index in [1.807, 2.05) is 19.9 Å². The van der Waals surface area contributed by atoms with Gasteiger partial charge in [0.25, 0.3) is 0 Å². The fraction of sp³-hybridized carbons (Fsp3) is 0.600. The predicted octanol–water partition coefficient (Wildman–Crippen LogP) is 2.76. The highest BCUT2D eigenvalue weighted by atomic mass is 32.2. The summed E-state index contributed by atoms with van der Waals surface area (Å²) >= 11 is 0. The summed E-state index contributed by atoms with van der Waals surface area (Å²) in [6.07, 6.45) is 0.836. The van der Waals surface area contributed by atoms with E-state index in [4.69, 9.17) is 5.73 Å². The maximum Gasteiger partial charge on any atom is 0.243 e. The third kappa shape index (κ3) is 4.04. The monoisotopic (exact) mass is 298 g/mol. The van der Waals surface area contributed by atoms with Crippen molar-refractivity contribution in [3.8, 4) is 0 Å². The van der Waals surface area contributed by atoms with Gasteiger partial charge in [-0.15, -0.1) is 0 Å². The van der Waals surface area contributed by atoms with Gasteiger partial charge < -0.3 is 5.73 Å². The summed E-state index contributed by atoms with van der Waals surface area (Å²) in [5, 5.41) is 0. The van der Waals surface area contributed by atoms with Crippen LogP contribution in [0.2, 0.25) is 0 Å². The van der Waals surface area contributed by atoms with Crippen molar-refractivity contribution in [2.24, 2.45) is 11.7 Å². The Morgan fingerprint density at radius 2 is 1.80 bits per heavy atom. The van der Waals surface area contributed by atoms with Crippen LogP contribution >= 0.6 is 0 Å². The summed E-state index contributed by atoms with van der Waals surface area (Å²) in [6, 6.07) is 6.68. The lowest BCUT2D eigenvalue weighted by molar-refractivity contribution is 0.338. The average Bonchev–Trinajstić information content (AvgIpc) is 2.37. The Hall–Kier alpha value is -0.910. The summed E-state index contributed by atoms with van der Waals surface area (Å²) in [7, 11) is -1.82. The third-order valence-corrected chi connectivity index (χ3v) is 5.46. The molecule has 1 aromatic carbocycles. The number of rotatable bonds is 6. The first kappa shape index (κ1) is 17.1. The van der Waals surface area contributed by atoms with Crippen LogP contribution in [0.25, 0.3) is 0 Å². The first-order chi connectivity index (χ1) is 9.16. The highest BCUT2D eigenvalue weighted by Crippen LogP contribution is 2.22. The molecule has 0 bridgehead atoms. The van der Waals surface area contributed by atoms with Gasteiger partial charge in [0.15, 0.2) is 0 Å². The van der Waals surface area contributed by atoms with Gasteiger partial charge in [-0.3, -0.25) is 0 Å². The number of sulfonamides is 1. The quantitative estimate of drug-likeness (QED) is 0.878. The van der Waals surface area contributed by atoms with E-state index in [1.54, 1.807) is 25.2 Å². The van der Waals surface area contributed by atoms with Crippen molar-refractivity contribution >= 4 is 10.0 Å². The van der Waals surface area contributed by atoms with Gasteiger partial charge in [0.05, 0.1) is 4.90 Å². The first-order valence-corrected chi connectivity index (χ1v) is 8.43. The molecule has 2 unspecified atom stereocenters. The number of hydrogen-bond acceptors (Lipinski definition) is 3. The Kier molecular flexibility index (Phi) is 5.74. The molecule has 0 aliphatic heterocycles. The molecule has 2 atom stereocenters. The first-order valence-electron chi connectivity index (χ1n) is 6.99. The van der Waals surface area contributed by atoms with Gasteiger partial charge in [-0.05, 0) is 43.9 Å². The van der Waals surface area contributed by atoms with Crippen molar-refractivity contribution in [2.45, 2.75) is 51.1 Å². The molecule has 4 nitrogen and oxygen atoms in total. The maximum absolute atomic E-state index is 12.6. The van der Waals surface area contributed by atoms with Crippen LogP contribution < -0.4 is 5.73 Å². The van der Waals surface area contributed by atoms with Gasteiger partial charge in [0.2, 0.25) is 10.0 Å². The van der Waals surface area contributed by atoms with E-state index in [1.165, 1.54) is 4.31 Å². The standard InChI is InChI=1S/C15H26N2O2S/c1-11(2)9-12(3)17(5)20(18,19)15-8-6-7-14(10-15)13(4)16/h6-8,10-13H,9,16H2,1-5H3. The Bertz CT molecular complexity index is 539. The molecule has 2 N–H and O–H groups in total. The van der Waals surface area contributed by atoms with E-state index in [9.17, 15) is 8.42 Å². The van der Waals surface area contributed by atoms with Gasteiger partial charge in [-0.1, -0.05) is 26.0 Å². The fourth-order valence-electron chi connectivity index (χ4n) is 2.19. The highest BCUT2D eigenvalue weighted by Gasteiger charge is 2.26. The summed E-state index contributed by atoms with van der Waals surface area (Å²) in [4.78, 5) is 0.311. The van der Waals surface area contributed by atoms with Crippen LogP contribution in [0, 0.1) is 5.92 Å². The van der Waals surface area contributed by atoms with Gasteiger partial charge in [-0.25, -0.2) is 8.42 Å². The molecule has 0 aliphatic rings. The Balaban J connectivity index is 3.07. The molecule has 1 rings (SSSR count). The second-order valence-corrected chi connectivity index (χ2v) is 7.86. The lowest BCUT2D eigenvalue weighted by Gasteiger charge is -2.26. The molecule has 0 heterocycles. The summed E-state index contributed by atoms with van der Waals surface area (Å²) in [6.45, 7) is 7.96. The zero-order chi connectivity index (χ0) is 15.5. The van der Waals surface area contributed by atoms with Crippen LogP contribution in [0.5, 0.6) is 0 Å². The third-order valence-electron chi connectivity index (χ3n) is 3.49. The van der Waals surface area contributed by atoms with Gasteiger partial charge in [0.1, 0.15) is 0 Å². The molecule has 0 saturated carbocycles. The zero-order valence-corrected chi connectivity index (χ0v) is 13.8. The van der Waals surface area contributed by atoms with E-state index in [-0.39, 0.29) is 12.1 Å². The SMILES string of the molecule is CC(C)CC(C)N(C)S(=O)(=O)c1cccc(C(C)N)c1. The van der Waals surface area contributed by atoms with Gasteiger partial charge in [0, 0.05) is 19.1 Å². The number of nitrogens with two attached hydrogens (primary N) is 1. The molecule has 1 aromatic rings.